The lowest BCUT2D eigenvalue weighted by Gasteiger charge is -2.04. The summed E-state index contributed by atoms with van der Waals surface area (Å²) in [5.74, 6) is 0.330. The van der Waals surface area contributed by atoms with Crippen molar-refractivity contribution in [2.24, 2.45) is 0 Å². The van der Waals surface area contributed by atoms with E-state index >= 15 is 0 Å². The highest BCUT2D eigenvalue weighted by molar-refractivity contribution is 7.91. The average Bonchev–Trinajstić information content (AvgIpc) is 2.27. The molecule has 0 saturated heterocycles. The van der Waals surface area contributed by atoms with Gasteiger partial charge in [0.15, 0.2) is 9.84 Å². The molecular weight excluding hydrogens is 228 g/mol. The zero-order valence-corrected chi connectivity index (χ0v) is 10.1. The Morgan fingerprint density at radius 2 is 1.81 bits per heavy atom. The molecule has 0 spiro atoms. The molecule has 0 fully saturated rings. The number of carbonyl (C=O) groups is 1. The van der Waals surface area contributed by atoms with Crippen LogP contribution in [0.1, 0.15) is 13.3 Å². The van der Waals surface area contributed by atoms with Gasteiger partial charge in [0.1, 0.15) is 11.5 Å². The quantitative estimate of drug-likeness (QED) is 0.784. The summed E-state index contributed by atoms with van der Waals surface area (Å²) in [6.45, 7) is 1.38. The van der Waals surface area contributed by atoms with Crippen molar-refractivity contribution in [2.75, 3.05) is 12.9 Å². The predicted octanol–water partition coefficient (Wildman–Crippen LogP) is 1.45. The van der Waals surface area contributed by atoms with Crippen LogP contribution in [-0.2, 0) is 14.6 Å². The molecule has 0 atom stereocenters. The number of sulfone groups is 1. The molecule has 5 heteroatoms. The second-order valence-electron chi connectivity index (χ2n) is 3.45. The van der Waals surface area contributed by atoms with E-state index in [1.54, 1.807) is 12.1 Å². The minimum absolute atomic E-state index is 0.0500. The van der Waals surface area contributed by atoms with Crippen molar-refractivity contribution in [3.63, 3.8) is 0 Å². The molecule has 88 valence electrons. The van der Waals surface area contributed by atoms with E-state index in [2.05, 4.69) is 0 Å². The Bertz CT molecular complexity index is 459. The maximum absolute atomic E-state index is 11.7. The molecule has 0 heterocycles. The largest absolute Gasteiger partial charge is 0.497 e. The summed E-state index contributed by atoms with van der Waals surface area (Å²) in [5, 5.41) is 0. The number of ketones is 1. The molecule has 0 aliphatic heterocycles. The molecule has 16 heavy (non-hydrogen) atoms. The summed E-state index contributed by atoms with van der Waals surface area (Å²) in [7, 11) is -1.84. The van der Waals surface area contributed by atoms with Gasteiger partial charge in [-0.05, 0) is 31.2 Å². The van der Waals surface area contributed by atoms with E-state index in [1.807, 2.05) is 0 Å². The minimum Gasteiger partial charge on any atom is -0.497 e. The van der Waals surface area contributed by atoms with E-state index in [0.717, 1.165) is 0 Å². The number of hydrogen-bond acceptors (Lipinski definition) is 4. The summed E-state index contributed by atoms with van der Waals surface area (Å²) in [4.78, 5) is 11.0. The molecule has 1 aromatic rings. The first-order valence-electron chi connectivity index (χ1n) is 4.82. The molecule has 1 aromatic carbocycles. The number of hydrogen-bond donors (Lipinski definition) is 0. The van der Waals surface area contributed by atoms with Crippen molar-refractivity contribution in [1.29, 1.82) is 0 Å². The van der Waals surface area contributed by atoms with Gasteiger partial charge in [0.25, 0.3) is 0 Å². The maximum Gasteiger partial charge on any atom is 0.178 e. The van der Waals surface area contributed by atoms with Crippen LogP contribution >= 0.6 is 0 Å². The molecule has 0 aromatic heterocycles. The van der Waals surface area contributed by atoms with Gasteiger partial charge < -0.3 is 4.74 Å². The number of rotatable bonds is 5. The Morgan fingerprint density at radius 3 is 2.25 bits per heavy atom. The summed E-state index contributed by atoms with van der Waals surface area (Å²) < 4.78 is 28.4. The molecule has 0 amide bonds. The van der Waals surface area contributed by atoms with Crippen molar-refractivity contribution >= 4 is 15.6 Å². The molecule has 0 saturated carbocycles. The van der Waals surface area contributed by atoms with E-state index in [-0.39, 0.29) is 22.9 Å². The van der Waals surface area contributed by atoms with E-state index < -0.39 is 9.84 Å². The lowest BCUT2D eigenvalue weighted by Crippen LogP contribution is -2.09. The first kappa shape index (κ1) is 12.7. The van der Waals surface area contributed by atoms with Gasteiger partial charge >= 0.3 is 0 Å². The smallest absolute Gasteiger partial charge is 0.178 e. The van der Waals surface area contributed by atoms with Crippen molar-refractivity contribution in [3.05, 3.63) is 24.3 Å². The average molecular weight is 242 g/mol. The summed E-state index contributed by atoms with van der Waals surface area (Å²) in [6, 6.07) is 6.13. The molecule has 0 N–H and O–H groups in total. The highest BCUT2D eigenvalue weighted by atomic mass is 32.2. The van der Waals surface area contributed by atoms with Gasteiger partial charge in [-0.2, -0.15) is 0 Å². The normalized spacial score (nSPS) is 11.1. The van der Waals surface area contributed by atoms with Crippen LogP contribution in [0.4, 0.5) is 0 Å². The summed E-state index contributed by atoms with van der Waals surface area (Å²) in [5.41, 5.74) is 0. The molecule has 4 nitrogen and oxygen atoms in total. The Balaban J connectivity index is 2.85. The van der Waals surface area contributed by atoms with Crippen molar-refractivity contribution in [3.8, 4) is 5.75 Å². The molecule has 0 radical (unpaired) electrons. The number of benzene rings is 1. The number of carbonyl (C=O) groups excluding carboxylic acids is 1. The third-order valence-electron chi connectivity index (χ3n) is 2.14. The fraction of sp³-hybridized carbons (Fsp3) is 0.364. The maximum atomic E-state index is 11.7. The molecule has 0 aliphatic carbocycles. The number of methoxy groups -OCH3 is 1. The fourth-order valence-corrected chi connectivity index (χ4v) is 2.52. The Kier molecular flexibility index (Phi) is 4.06. The van der Waals surface area contributed by atoms with Gasteiger partial charge in [-0.15, -0.1) is 0 Å². The highest BCUT2D eigenvalue weighted by Gasteiger charge is 2.14. The van der Waals surface area contributed by atoms with Gasteiger partial charge in [-0.3, -0.25) is 4.79 Å². The second kappa shape index (κ2) is 5.12. The molecule has 0 unspecified atom stereocenters. The molecule has 0 aliphatic rings. The topological polar surface area (TPSA) is 60.4 Å². The van der Waals surface area contributed by atoms with Gasteiger partial charge in [-0.25, -0.2) is 8.42 Å². The molecule has 0 bridgehead atoms. The standard InChI is InChI=1S/C11H14O4S/c1-9(12)7-8-16(13,14)11-5-3-10(15-2)4-6-11/h3-6H,7-8H2,1-2H3. The van der Waals surface area contributed by atoms with Crippen LogP contribution in [0.15, 0.2) is 29.2 Å². The molecule has 1 rings (SSSR count). The lowest BCUT2D eigenvalue weighted by atomic mass is 10.3. The van der Waals surface area contributed by atoms with E-state index in [9.17, 15) is 13.2 Å². The number of Topliss-reactive ketones (excluding diaryl/α,β-unsaturated/α-hetero) is 1. The van der Waals surface area contributed by atoms with E-state index in [0.29, 0.717) is 5.75 Å². The predicted molar refractivity (Wildman–Crippen MR) is 60.3 cm³/mol. The van der Waals surface area contributed by atoms with Crippen LogP contribution in [0.2, 0.25) is 0 Å². The van der Waals surface area contributed by atoms with Gasteiger partial charge in [0, 0.05) is 6.42 Å². The third-order valence-corrected chi connectivity index (χ3v) is 3.87. The van der Waals surface area contributed by atoms with Gasteiger partial charge in [0.2, 0.25) is 0 Å². The van der Waals surface area contributed by atoms with Crippen LogP contribution in [0, 0.1) is 0 Å². The third kappa shape index (κ3) is 3.34. The monoisotopic (exact) mass is 242 g/mol. The zero-order chi connectivity index (χ0) is 12.2. The molecular formula is C11H14O4S. The van der Waals surface area contributed by atoms with Gasteiger partial charge in [0.05, 0.1) is 17.8 Å². The Hall–Kier alpha value is -1.36. The van der Waals surface area contributed by atoms with Crippen LogP contribution in [-0.4, -0.2) is 27.1 Å². The Labute approximate surface area is 95.2 Å². The summed E-state index contributed by atoms with van der Waals surface area (Å²) >= 11 is 0. The second-order valence-corrected chi connectivity index (χ2v) is 5.56. The van der Waals surface area contributed by atoms with Crippen LogP contribution in [0.25, 0.3) is 0 Å². The first-order chi connectivity index (χ1) is 7.45. The van der Waals surface area contributed by atoms with Crippen molar-refractivity contribution in [1.82, 2.24) is 0 Å². The lowest BCUT2D eigenvalue weighted by molar-refractivity contribution is -0.116. The van der Waals surface area contributed by atoms with Crippen LogP contribution in [0.3, 0.4) is 0 Å². The van der Waals surface area contributed by atoms with Crippen LogP contribution < -0.4 is 4.74 Å². The Morgan fingerprint density at radius 1 is 1.25 bits per heavy atom. The van der Waals surface area contributed by atoms with Gasteiger partial charge in [-0.1, -0.05) is 0 Å². The highest BCUT2D eigenvalue weighted by Crippen LogP contribution is 2.17. The summed E-state index contributed by atoms with van der Waals surface area (Å²) in [6.07, 6.45) is 0.0500. The first-order valence-corrected chi connectivity index (χ1v) is 6.47. The minimum atomic E-state index is -3.36. The van der Waals surface area contributed by atoms with Crippen LogP contribution in [0.5, 0.6) is 5.75 Å². The van der Waals surface area contributed by atoms with Crippen molar-refractivity contribution in [2.45, 2.75) is 18.2 Å². The SMILES string of the molecule is COc1ccc(S(=O)(=O)CCC(C)=O)cc1. The zero-order valence-electron chi connectivity index (χ0n) is 9.26. The fourth-order valence-electron chi connectivity index (χ4n) is 1.18. The van der Waals surface area contributed by atoms with Crippen molar-refractivity contribution < 1.29 is 17.9 Å². The number of ether oxygens (including phenoxy) is 1. The van der Waals surface area contributed by atoms with E-state index in [1.165, 1.54) is 26.2 Å². The van der Waals surface area contributed by atoms with E-state index in [4.69, 9.17) is 4.74 Å².